The molecule has 1 aromatic heterocycles. The Labute approximate surface area is 181 Å². The number of aromatic nitrogens is 1. The van der Waals surface area contributed by atoms with E-state index in [1.165, 1.54) is 11.8 Å². The third-order valence-corrected chi connectivity index (χ3v) is 6.18. The number of benzene rings is 1. The summed E-state index contributed by atoms with van der Waals surface area (Å²) >= 11 is 1.28. The number of aryl methyl sites for hydroxylation is 2. The van der Waals surface area contributed by atoms with Crippen LogP contribution >= 0.6 is 11.8 Å². The molecule has 0 spiro atoms. The number of nitrogens with zero attached hydrogens (tertiary/aromatic N) is 3. The predicted octanol–water partition coefficient (Wildman–Crippen LogP) is 4.04. The van der Waals surface area contributed by atoms with Gasteiger partial charge in [0.15, 0.2) is 0 Å². The molecule has 1 aromatic carbocycles. The standard InChI is InChI=1S/C23H26N4O2S/c1-3-27(4-2)23(29)16-9-11-19(12-10-16)25-21(28)15-30-22-18(14-24)13-17-7-5-6-8-20(17)26-22/h9-13H,3-8,15H2,1-2H3,(H,25,28). The molecule has 6 nitrogen and oxygen atoms in total. The normalized spacial score (nSPS) is 12.6. The number of rotatable bonds is 7. The van der Waals surface area contributed by atoms with Crippen molar-refractivity contribution in [2.75, 3.05) is 24.2 Å². The van der Waals surface area contributed by atoms with E-state index in [1.807, 2.05) is 19.9 Å². The summed E-state index contributed by atoms with van der Waals surface area (Å²) in [4.78, 5) is 31.1. The van der Waals surface area contributed by atoms with Crippen LogP contribution in [-0.4, -0.2) is 40.5 Å². The molecule has 2 amide bonds. The third kappa shape index (κ3) is 5.19. The van der Waals surface area contributed by atoms with E-state index in [0.29, 0.717) is 34.9 Å². The van der Waals surface area contributed by atoms with Gasteiger partial charge in [-0.2, -0.15) is 5.26 Å². The summed E-state index contributed by atoms with van der Waals surface area (Å²) in [6, 6.07) is 11.0. The van der Waals surface area contributed by atoms with Crippen LogP contribution in [0, 0.1) is 11.3 Å². The Balaban J connectivity index is 1.60. The first kappa shape index (κ1) is 21.8. The summed E-state index contributed by atoms with van der Waals surface area (Å²) < 4.78 is 0. The average molecular weight is 423 g/mol. The van der Waals surface area contributed by atoms with Gasteiger partial charge in [0.05, 0.1) is 11.3 Å². The van der Waals surface area contributed by atoms with Crippen LogP contribution < -0.4 is 5.32 Å². The van der Waals surface area contributed by atoms with Crippen molar-refractivity contribution in [1.29, 1.82) is 5.26 Å². The van der Waals surface area contributed by atoms with Gasteiger partial charge in [-0.05, 0) is 75.4 Å². The van der Waals surface area contributed by atoms with Crippen molar-refractivity contribution in [2.24, 2.45) is 0 Å². The molecule has 2 aromatic rings. The molecule has 1 heterocycles. The maximum atomic E-state index is 12.4. The first-order valence-corrected chi connectivity index (χ1v) is 11.3. The summed E-state index contributed by atoms with van der Waals surface area (Å²) in [6.07, 6.45) is 4.14. The second-order valence-corrected chi connectivity index (χ2v) is 8.12. The minimum Gasteiger partial charge on any atom is -0.339 e. The molecule has 1 aliphatic carbocycles. The fraction of sp³-hybridized carbons (Fsp3) is 0.391. The van der Waals surface area contributed by atoms with Gasteiger partial charge in [-0.1, -0.05) is 11.8 Å². The van der Waals surface area contributed by atoms with E-state index in [0.717, 1.165) is 36.9 Å². The quantitative estimate of drug-likeness (QED) is 0.681. The highest BCUT2D eigenvalue weighted by atomic mass is 32.2. The van der Waals surface area contributed by atoms with Crippen LogP contribution in [0.2, 0.25) is 0 Å². The van der Waals surface area contributed by atoms with Crippen LogP contribution in [0.5, 0.6) is 0 Å². The number of carbonyl (C=O) groups is 2. The highest BCUT2D eigenvalue weighted by Crippen LogP contribution is 2.27. The summed E-state index contributed by atoms with van der Waals surface area (Å²) in [6.45, 7) is 5.21. The molecule has 3 rings (SSSR count). The number of hydrogen-bond acceptors (Lipinski definition) is 5. The van der Waals surface area contributed by atoms with Gasteiger partial charge in [0.1, 0.15) is 11.1 Å². The molecule has 0 fully saturated rings. The van der Waals surface area contributed by atoms with Gasteiger partial charge in [-0.3, -0.25) is 9.59 Å². The maximum Gasteiger partial charge on any atom is 0.253 e. The first-order valence-electron chi connectivity index (χ1n) is 10.3. The zero-order valence-electron chi connectivity index (χ0n) is 17.4. The summed E-state index contributed by atoms with van der Waals surface area (Å²) in [5.41, 5.74) is 3.98. The monoisotopic (exact) mass is 422 g/mol. The molecule has 30 heavy (non-hydrogen) atoms. The average Bonchev–Trinajstić information content (AvgIpc) is 2.78. The predicted molar refractivity (Wildman–Crippen MR) is 119 cm³/mol. The summed E-state index contributed by atoms with van der Waals surface area (Å²) in [5, 5.41) is 12.9. The Hall–Kier alpha value is -2.85. The van der Waals surface area contributed by atoms with Crippen molar-refractivity contribution in [3.63, 3.8) is 0 Å². The van der Waals surface area contributed by atoms with E-state index in [-0.39, 0.29) is 17.6 Å². The van der Waals surface area contributed by atoms with Gasteiger partial charge in [0.2, 0.25) is 5.91 Å². The Kier molecular flexibility index (Phi) is 7.47. The highest BCUT2D eigenvalue weighted by Gasteiger charge is 2.17. The smallest absolute Gasteiger partial charge is 0.253 e. The van der Waals surface area contributed by atoms with Gasteiger partial charge in [-0.15, -0.1) is 0 Å². The zero-order valence-corrected chi connectivity index (χ0v) is 18.2. The number of hydrogen-bond donors (Lipinski definition) is 1. The number of anilines is 1. The molecular weight excluding hydrogens is 396 g/mol. The van der Waals surface area contributed by atoms with Gasteiger partial charge >= 0.3 is 0 Å². The van der Waals surface area contributed by atoms with E-state index >= 15 is 0 Å². The number of amides is 2. The van der Waals surface area contributed by atoms with Crippen LogP contribution in [-0.2, 0) is 17.6 Å². The molecule has 0 atom stereocenters. The second-order valence-electron chi connectivity index (χ2n) is 7.16. The van der Waals surface area contributed by atoms with E-state index in [1.54, 1.807) is 29.2 Å². The minimum absolute atomic E-state index is 0.0176. The van der Waals surface area contributed by atoms with Crippen molar-refractivity contribution >= 4 is 29.3 Å². The Bertz CT molecular complexity index is 962. The zero-order chi connectivity index (χ0) is 21.5. The van der Waals surface area contributed by atoms with E-state index in [9.17, 15) is 14.9 Å². The Morgan fingerprint density at radius 3 is 2.53 bits per heavy atom. The fourth-order valence-electron chi connectivity index (χ4n) is 3.53. The SMILES string of the molecule is CCN(CC)C(=O)c1ccc(NC(=O)CSc2nc3c(cc2C#N)CCCC3)cc1. The molecule has 0 aliphatic heterocycles. The van der Waals surface area contributed by atoms with Crippen LogP contribution in [0.25, 0.3) is 0 Å². The lowest BCUT2D eigenvalue weighted by Gasteiger charge is -2.18. The van der Waals surface area contributed by atoms with Gasteiger partial charge in [0, 0.05) is 30.0 Å². The van der Waals surface area contributed by atoms with Crippen LogP contribution in [0.15, 0.2) is 35.4 Å². The fourth-order valence-corrected chi connectivity index (χ4v) is 4.30. The highest BCUT2D eigenvalue weighted by molar-refractivity contribution is 8.00. The molecule has 156 valence electrons. The Morgan fingerprint density at radius 1 is 1.17 bits per heavy atom. The topological polar surface area (TPSA) is 86.1 Å². The molecule has 0 saturated carbocycles. The van der Waals surface area contributed by atoms with E-state index in [4.69, 9.17) is 0 Å². The second kappa shape index (κ2) is 10.3. The van der Waals surface area contributed by atoms with Gasteiger partial charge < -0.3 is 10.2 Å². The van der Waals surface area contributed by atoms with E-state index in [2.05, 4.69) is 16.4 Å². The lowest BCUT2D eigenvalue weighted by molar-refractivity contribution is -0.113. The molecule has 0 saturated heterocycles. The first-order chi connectivity index (χ1) is 14.5. The number of nitrogens with one attached hydrogen (secondary N) is 1. The largest absolute Gasteiger partial charge is 0.339 e. The lowest BCUT2D eigenvalue weighted by atomic mass is 9.95. The van der Waals surface area contributed by atoms with Crippen molar-refractivity contribution < 1.29 is 9.59 Å². The van der Waals surface area contributed by atoms with Gasteiger partial charge in [0.25, 0.3) is 5.91 Å². The molecule has 7 heteroatoms. The number of fused-ring (bicyclic) bond motifs is 1. The molecule has 0 radical (unpaired) electrons. The van der Waals surface area contributed by atoms with Crippen molar-refractivity contribution in [1.82, 2.24) is 9.88 Å². The molecule has 0 unspecified atom stereocenters. The number of carbonyl (C=O) groups excluding carboxylic acids is 2. The van der Waals surface area contributed by atoms with Crippen LogP contribution in [0.1, 0.15) is 53.9 Å². The van der Waals surface area contributed by atoms with Crippen molar-refractivity contribution in [2.45, 2.75) is 44.6 Å². The van der Waals surface area contributed by atoms with E-state index < -0.39 is 0 Å². The van der Waals surface area contributed by atoms with Gasteiger partial charge in [-0.25, -0.2) is 4.98 Å². The minimum atomic E-state index is -0.175. The maximum absolute atomic E-state index is 12.4. The molecular formula is C23H26N4O2S. The molecule has 1 aliphatic rings. The molecule has 1 N–H and O–H groups in total. The third-order valence-electron chi connectivity index (χ3n) is 5.19. The number of thioether (sulfide) groups is 1. The summed E-state index contributed by atoms with van der Waals surface area (Å²) in [5.74, 6) is -0.0252. The summed E-state index contributed by atoms with van der Waals surface area (Å²) in [7, 11) is 0. The van der Waals surface area contributed by atoms with Crippen molar-refractivity contribution in [3.8, 4) is 6.07 Å². The number of nitriles is 1. The lowest BCUT2D eigenvalue weighted by Crippen LogP contribution is -2.30. The van der Waals surface area contributed by atoms with Crippen molar-refractivity contribution in [3.05, 3.63) is 52.7 Å². The Morgan fingerprint density at radius 2 is 1.87 bits per heavy atom. The number of pyridine rings is 1. The molecule has 0 bridgehead atoms. The van der Waals surface area contributed by atoms with Crippen LogP contribution in [0.3, 0.4) is 0 Å². The van der Waals surface area contributed by atoms with Crippen LogP contribution in [0.4, 0.5) is 5.69 Å².